The highest BCUT2D eigenvalue weighted by Crippen LogP contribution is 2.29. The molecule has 0 saturated carbocycles. The van der Waals surface area contributed by atoms with Crippen molar-refractivity contribution in [2.24, 2.45) is 0 Å². The van der Waals surface area contributed by atoms with E-state index in [0.29, 0.717) is 22.0 Å². The van der Waals surface area contributed by atoms with Gasteiger partial charge in [0, 0.05) is 5.69 Å². The van der Waals surface area contributed by atoms with E-state index in [-0.39, 0.29) is 11.5 Å². The van der Waals surface area contributed by atoms with Gasteiger partial charge in [-0.3, -0.25) is 0 Å². The van der Waals surface area contributed by atoms with Crippen molar-refractivity contribution in [2.75, 3.05) is 11.1 Å². The van der Waals surface area contributed by atoms with Crippen LogP contribution in [0, 0.1) is 18.6 Å². The molecule has 0 aliphatic carbocycles. The maximum atomic E-state index is 13.4. The molecule has 0 bridgehead atoms. The van der Waals surface area contributed by atoms with Gasteiger partial charge < -0.3 is 11.1 Å². The largest absolute Gasteiger partial charge is 0.396 e. The second kappa shape index (κ2) is 4.82. The second-order valence-corrected chi connectivity index (χ2v) is 4.35. The van der Waals surface area contributed by atoms with Crippen molar-refractivity contribution >= 4 is 28.7 Å². The lowest BCUT2D eigenvalue weighted by Gasteiger charge is -2.10. The summed E-state index contributed by atoms with van der Waals surface area (Å²) in [4.78, 5) is 0. The molecule has 0 aromatic heterocycles. The van der Waals surface area contributed by atoms with Crippen LogP contribution in [0.1, 0.15) is 5.56 Å². The fourth-order valence-electron chi connectivity index (χ4n) is 1.50. The fourth-order valence-corrected chi connectivity index (χ4v) is 1.77. The lowest BCUT2D eigenvalue weighted by molar-refractivity contribution is 0.619. The Morgan fingerprint density at radius 1 is 1.11 bits per heavy atom. The van der Waals surface area contributed by atoms with E-state index in [1.54, 1.807) is 13.0 Å². The third-order valence-electron chi connectivity index (χ3n) is 2.53. The van der Waals surface area contributed by atoms with Gasteiger partial charge in [-0.05, 0) is 42.8 Å². The van der Waals surface area contributed by atoms with E-state index in [1.807, 2.05) is 0 Å². The minimum Gasteiger partial charge on any atom is -0.396 e. The van der Waals surface area contributed by atoms with Crippen LogP contribution in [-0.2, 0) is 0 Å². The summed E-state index contributed by atoms with van der Waals surface area (Å²) in [6, 6.07) is 7.02. The molecule has 0 amide bonds. The quantitative estimate of drug-likeness (QED) is 0.799. The zero-order valence-electron chi connectivity index (χ0n) is 9.60. The van der Waals surface area contributed by atoms with Crippen LogP contribution in [0.15, 0.2) is 30.3 Å². The Bertz CT molecular complexity index is 600. The summed E-state index contributed by atoms with van der Waals surface area (Å²) in [5, 5.41) is 3.21. The highest BCUT2D eigenvalue weighted by atomic mass is 35.5. The van der Waals surface area contributed by atoms with Gasteiger partial charge in [-0.2, -0.15) is 0 Å². The number of hydrogen-bond acceptors (Lipinski definition) is 2. The number of nitrogens with one attached hydrogen (secondary N) is 1. The van der Waals surface area contributed by atoms with Crippen molar-refractivity contribution in [3.05, 3.63) is 52.6 Å². The molecular weight excluding hydrogens is 258 g/mol. The molecule has 0 aliphatic rings. The smallest absolute Gasteiger partial charge is 0.148 e. The molecule has 0 heterocycles. The van der Waals surface area contributed by atoms with E-state index in [9.17, 15) is 8.78 Å². The molecule has 18 heavy (non-hydrogen) atoms. The van der Waals surface area contributed by atoms with Crippen molar-refractivity contribution in [2.45, 2.75) is 6.92 Å². The highest BCUT2D eigenvalue weighted by Gasteiger charge is 2.07. The number of hydrogen-bond donors (Lipinski definition) is 2. The van der Waals surface area contributed by atoms with Crippen LogP contribution < -0.4 is 11.1 Å². The fraction of sp³-hybridized carbons (Fsp3) is 0.0769. The third kappa shape index (κ3) is 2.54. The third-order valence-corrected chi connectivity index (χ3v) is 2.84. The predicted molar refractivity (Wildman–Crippen MR) is 70.2 cm³/mol. The average molecular weight is 269 g/mol. The Balaban J connectivity index is 2.34. The van der Waals surface area contributed by atoms with Gasteiger partial charge >= 0.3 is 0 Å². The highest BCUT2D eigenvalue weighted by molar-refractivity contribution is 6.33. The molecule has 2 aromatic carbocycles. The predicted octanol–water partition coefficient (Wildman–Crippen LogP) is 4.25. The zero-order valence-corrected chi connectivity index (χ0v) is 10.4. The summed E-state index contributed by atoms with van der Waals surface area (Å²) >= 11 is 5.97. The van der Waals surface area contributed by atoms with Gasteiger partial charge in [-0.15, -0.1) is 0 Å². The van der Waals surface area contributed by atoms with Crippen LogP contribution in [0.2, 0.25) is 5.02 Å². The summed E-state index contributed by atoms with van der Waals surface area (Å²) in [6.07, 6.45) is 0. The molecule has 0 atom stereocenters. The first kappa shape index (κ1) is 12.6. The van der Waals surface area contributed by atoms with Gasteiger partial charge in [0.2, 0.25) is 0 Å². The molecule has 0 saturated heterocycles. The van der Waals surface area contributed by atoms with E-state index in [0.717, 1.165) is 0 Å². The Morgan fingerprint density at radius 2 is 1.83 bits per heavy atom. The lowest BCUT2D eigenvalue weighted by atomic mass is 10.2. The average Bonchev–Trinajstić information content (AvgIpc) is 2.31. The van der Waals surface area contributed by atoms with Crippen molar-refractivity contribution in [3.63, 3.8) is 0 Å². The monoisotopic (exact) mass is 268 g/mol. The number of benzene rings is 2. The molecule has 3 N–H and O–H groups in total. The molecule has 0 fully saturated rings. The van der Waals surface area contributed by atoms with Gasteiger partial charge in [0.15, 0.2) is 0 Å². The Hall–Kier alpha value is -1.81. The number of nitrogens with two attached hydrogens (primary N) is 1. The maximum Gasteiger partial charge on any atom is 0.148 e. The topological polar surface area (TPSA) is 38.0 Å². The van der Waals surface area contributed by atoms with Crippen LogP contribution in [-0.4, -0.2) is 0 Å². The second-order valence-electron chi connectivity index (χ2n) is 3.94. The van der Waals surface area contributed by atoms with Crippen LogP contribution in [0.3, 0.4) is 0 Å². The van der Waals surface area contributed by atoms with E-state index in [4.69, 9.17) is 17.3 Å². The van der Waals surface area contributed by atoms with Gasteiger partial charge in [0.05, 0.1) is 16.4 Å². The summed E-state index contributed by atoms with van der Waals surface area (Å²) in [5.41, 5.74) is 6.71. The van der Waals surface area contributed by atoms with Crippen LogP contribution >= 0.6 is 11.6 Å². The van der Waals surface area contributed by atoms with E-state index in [1.165, 1.54) is 24.3 Å². The van der Waals surface area contributed by atoms with Crippen LogP contribution in [0.4, 0.5) is 25.8 Å². The maximum absolute atomic E-state index is 13.4. The Kier molecular flexibility index (Phi) is 3.39. The van der Waals surface area contributed by atoms with Crippen molar-refractivity contribution < 1.29 is 8.78 Å². The van der Waals surface area contributed by atoms with Crippen molar-refractivity contribution in [3.8, 4) is 0 Å². The number of nitrogen functional groups attached to an aromatic ring is 1. The molecule has 5 heteroatoms. The van der Waals surface area contributed by atoms with Gasteiger partial charge in [0.1, 0.15) is 11.6 Å². The minimum absolute atomic E-state index is 0.0572. The molecule has 0 radical (unpaired) electrons. The molecule has 2 aromatic rings. The van der Waals surface area contributed by atoms with Gasteiger partial charge in [-0.25, -0.2) is 8.78 Å². The first-order valence-corrected chi connectivity index (χ1v) is 5.63. The first-order chi connectivity index (χ1) is 8.47. The number of rotatable bonds is 2. The number of halogens is 3. The molecule has 2 nitrogen and oxygen atoms in total. The standard InChI is InChI=1S/C13H11ClF2N2/c1-7-4-9(14)13(6-10(7)15)18-8-2-3-12(17)11(16)5-8/h2-6,18H,17H2,1H3. The van der Waals surface area contributed by atoms with E-state index < -0.39 is 5.82 Å². The van der Waals surface area contributed by atoms with Crippen molar-refractivity contribution in [1.29, 1.82) is 0 Å². The Morgan fingerprint density at radius 3 is 2.50 bits per heavy atom. The van der Waals surface area contributed by atoms with Crippen molar-refractivity contribution in [1.82, 2.24) is 0 Å². The SMILES string of the molecule is Cc1cc(Cl)c(Nc2ccc(N)c(F)c2)cc1F. The molecule has 0 spiro atoms. The summed E-state index contributed by atoms with van der Waals surface area (Å²) in [6.45, 7) is 1.62. The summed E-state index contributed by atoms with van der Waals surface area (Å²) < 4.78 is 26.7. The molecule has 94 valence electrons. The summed E-state index contributed by atoms with van der Waals surface area (Å²) in [7, 11) is 0. The van der Waals surface area contributed by atoms with Crippen LogP contribution in [0.5, 0.6) is 0 Å². The Labute approximate surface area is 108 Å². The lowest BCUT2D eigenvalue weighted by Crippen LogP contribution is -1.96. The molecule has 2 rings (SSSR count). The summed E-state index contributed by atoms with van der Waals surface area (Å²) in [5.74, 6) is -0.915. The normalized spacial score (nSPS) is 10.4. The number of aryl methyl sites for hydroxylation is 1. The molecular formula is C13H11ClF2N2. The first-order valence-electron chi connectivity index (χ1n) is 5.25. The zero-order chi connectivity index (χ0) is 13.3. The van der Waals surface area contributed by atoms with Gasteiger partial charge in [0.25, 0.3) is 0 Å². The molecule has 0 aliphatic heterocycles. The minimum atomic E-state index is -0.538. The molecule has 0 unspecified atom stereocenters. The number of anilines is 3. The van der Waals surface area contributed by atoms with E-state index >= 15 is 0 Å². The van der Waals surface area contributed by atoms with Gasteiger partial charge in [-0.1, -0.05) is 11.6 Å². The van der Waals surface area contributed by atoms with Crippen LogP contribution in [0.25, 0.3) is 0 Å². The van der Waals surface area contributed by atoms with E-state index in [2.05, 4.69) is 5.32 Å².